The van der Waals surface area contributed by atoms with Crippen molar-refractivity contribution < 1.29 is 22.3 Å². The van der Waals surface area contributed by atoms with Crippen molar-refractivity contribution in [3.05, 3.63) is 41.0 Å². The second kappa shape index (κ2) is 8.60. The highest BCUT2D eigenvalue weighted by molar-refractivity contribution is 7.89. The van der Waals surface area contributed by atoms with Crippen molar-refractivity contribution in [3.8, 4) is 0 Å². The predicted molar refractivity (Wildman–Crippen MR) is 106 cm³/mol. The molecule has 29 heavy (non-hydrogen) atoms. The molecule has 2 heterocycles. The zero-order valence-corrected chi connectivity index (χ0v) is 17.6. The number of sulfonamides is 1. The molecule has 1 aliphatic heterocycles. The summed E-state index contributed by atoms with van der Waals surface area (Å²) in [5, 5.41) is 7.07. The molecular formula is C19H25FN4O4S. The summed E-state index contributed by atoms with van der Waals surface area (Å²) >= 11 is 0. The van der Waals surface area contributed by atoms with Crippen LogP contribution >= 0.6 is 0 Å². The van der Waals surface area contributed by atoms with Gasteiger partial charge in [-0.3, -0.25) is 9.48 Å². The van der Waals surface area contributed by atoms with Gasteiger partial charge in [-0.2, -0.15) is 9.40 Å². The molecule has 1 aliphatic rings. The maximum Gasteiger partial charge on any atom is 0.246 e. The standard InChI is InChI=1S/C19H25FN4O4S/c1-13-12-16(20)4-5-17(13)21-18(25)6-7-24-15(3)19(14(2)22-24)29(26,27)23-8-10-28-11-9-23/h4-5,12H,6-11H2,1-3H3,(H,21,25). The van der Waals surface area contributed by atoms with Crippen molar-refractivity contribution in [1.82, 2.24) is 14.1 Å². The van der Waals surface area contributed by atoms with Gasteiger partial charge in [-0.25, -0.2) is 12.8 Å². The summed E-state index contributed by atoms with van der Waals surface area (Å²) in [6, 6.07) is 4.14. The first-order valence-electron chi connectivity index (χ1n) is 9.38. The van der Waals surface area contributed by atoms with Gasteiger partial charge in [0.15, 0.2) is 0 Å². The second-order valence-electron chi connectivity index (χ2n) is 7.00. The van der Waals surface area contributed by atoms with Crippen molar-refractivity contribution >= 4 is 21.6 Å². The molecule has 1 amide bonds. The lowest BCUT2D eigenvalue weighted by molar-refractivity contribution is -0.116. The van der Waals surface area contributed by atoms with Crippen LogP contribution in [0, 0.1) is 26.6 Å². The molecule has 0 spiro atoms. The number of hydrogen-bond donors (Lipinski definition) is 1. The normalized spacial score (nSPS) is 15.4. The van der Waals surface area contributed by atoms with Gasteiger partial charge >= 0.3 is 0 Å². The SMILES string of the molecule is Cc1cc(F)ccc1NC(=O)CCn1nc(C)c(S(=O)(=O)N2CCOCC2)c1C. The molecule has 1 fully saturated rings. The van der Waals surface area contributed by atoms with E-state index in [1.807, 2.05) is 0 Å². The molecule has 1 aromatic carbocycles. The van der Waals surface area contributed by atoms with Gasteiger partial charge in [0, 0.05) is 25.2 Å². The quantitative estimate of drug-likeness (QED) is 0.766. The number of anilines is 1. The van der Waals surface area contributed by atoms with E-state index in [1.54, 1.807) is 25.5 Å². The van der Waals surface area contributed by atoms with Crippen LogP contribution in [0.4, 0.5) is 10.1 Å². The Morgan fingerprint density at radius 3 is 2.59 bits per heavy atom. The van der Waals surface area contributed by atoms with E-state index >= 15 is 0 Å². The number of aryl methyl sites for hydroxylation is 3. The van der Waals surface area contributed by atoms with Crippen molar-refractivity contribution in [3.63, 3.8) is 0 Å². The Bertz CT molecular complexity index is 1010. The number of amides is 1. The lowest BCUT2D eigenvalue weighted by Crippen LogP contribution is -2.41. The number of halogens is 1. The second-order valence-corrected chi connectivity index (χ2v) is 8.87. The minimum Gasteiger partial charge on any atom is -0.379 e. The van der Waals surface area contributed by atoms with Crippen LogP contribution in [0.2, 0.25) is 0 Å². The van der Waals surface area contributed by atoms with E-state index in [0.717, 1.165) is 0 Å². The van der Waals surface area contributed by atoms with Gasteiger partial charge in [-0.05, 0) is 44.5 Å². The fraction of sp³-hybridized carbons (Fsp3) is 0.474. The minimum absolute atomic E-state index is 0.107. The van der Waals surface area contributed by atoms with E-state index in [2.05, 4.69) is 10.4 Å². The molecule has 8 nitrogen and oxygen atoms in total. The number of carbonyl (C=O) groups is 1. The van der Waals surface area contributed by atoms with Crippen molar-refractivity contribution in [2.24, 2.45) is 0 Å². The monoisotopic (exact) mass is 424 g/mol. The van der Waals surface area contributed by atoms with Crippen LogP contribution in [-0.4, -0.2) is 54.7 Å². The Hall–Kier alpha value is -2.30. The van der Waals surface area contributed by atoms with Crippen LogP contribution in [0.5, 0.6) is 0 Å². The summed E-state index contributed by atoms with van der Waals surface area (Å²) in [6.07, 6.45) is 0.107. The average Bonchev–Trinajstić information content (AvgIpc) is 2.97. The Morgan fingerprint density at radius 1 is 1.24 bits per heavy atom. The zero-order valence-electron chi connectivity index (χ0n) is 16.7. The van der Waals surface area contributed by atoms with E-state index in [0.29, 0.717) is 48.9 Å². The first-order chi connectivity index (χ1) is 13.7. The largest absolute Gasteiger partial charge is 0.379 e. The molecule has 1 saturated heterocycles. The fourth-order valence-electron chi connectivity index (χ4n) is 3.38. The van der Waals surface area contributed by atoms with Crippen molar-refractivity contribution in [2.45, 2.75) is 38.6 Å². The molecule has 1 N–H and O–H groups in total. The molecule has 0 radical (unpaired) electrons. The Labute approximate surface area is 169 Å². The summed E-state index contributed by atoms with van der Waals surface area (Å²) in [5.74, 6) is -0.623. The van der Waals surface area contributed by atoms with Crippen molar-refractivity contribution in [2.75, 3.05) is 31.6 Å². The molecule has 0 unspecified atom stereocenters. The topological polar surface area (TPSA) is 93.5 Å². The number of aromatic nitrogens is 2. The summed E-state index contributed by atoms with van der Waals surface area (Å²) in [7, 11) is -3.67. The summed E-state index contributed by atoms with van der Waals surface area (Å²) in [5.41, 5.74) is 2.08. The van der Waals surface area contributed by atoms with Crippen LogP contribution in [0.3, 0.4) is 0 Å². The molecule has 158 valence electrons. The van der Waals surface area contributed by atoms with E-state index < -0.39 is 10.0 Å². The molecule has 10 heteroatoms. The number of nitrogens with one attached hydrogen (secondary N) is 1. The third kappa shape index (κ3) is 4.65. The highest BCUT2D eigenvalue weighted by Crippen LogP contribution is 2.24. The van der Waals surface area contributed by atoms with Crippen LogP contribution < -0.4 is 5.32 Å². The number of carbonyl (C=O) groups excluding carboxylic acids is 1. The lowest BCUT2D eigenvalue weighted by Gasteiger charge is -2.26. The maximum atomic E-state index is 13.2. The molecule has 0 saturated carbocycles. The fourth-order valence-corrected chi connectivity index (χ4v) is 5.16. The summed E-state index contributed by atoms with van der Waals surface area (Å²) in [6.45, 7) is 6.65. The molecule has 0 atom stereocenters. The van der Waals surface area contributed by atoms with Crippen LogP contribution in [-0.2, 0) is 26.1 Å². The molecule has 0 bridgehead atoms. The first kappa shape index (κ1) is 21.4. The molecule has 0 aliphatic carbocycles. The Kier molecular flexibility index (Phi) is 6.35. The third-order valence-electron chi connectivity index (χ3n) is 4.90. The lowest BCUT2D eigenvalue weighted by atomic mass is 10.2. The minimum atomic E-state index is -3.67. The number of benzene rings is 1. The van der Waals surface area contributed by atoms with Gasteiger partial charge in [-0.15, -0.1) is 0 Å². The average molecular weight is 424 g/mol. The smallest absolute Gasteiger partial charge is 0.246 e. The van der Waals surface area contributed by atoms with Gasteiger partial charge in [-0.1, -0.05) is 0 Å². The maximum absolute atomic E-state index is 13.2. The zero-order chi connectivity index (χ0) is 21.2. The number of hydrogen-bond acceptors (Lipinski definition) is 5. The number of ether oxygens (including phenoxy) is 1. The van der Waals surface area contributed by atoms with Gasteiger partial charge in [0.2, 0.25) is 15.9 Å². The van der Waals surface area contributed by atoms with Crippen LogP contribution in [0.25, 0.3) is 0 Å². The van der Waals surface area contributed by atoms with Gasteiger partial charge in [0.1, 0.15) is 10.7 Å². The van der Waals surface area contributed by atoms with E-state index in [4.69, 9.17) is 4.74 Å². The number of nitrogens with zero attached hydrogens (tertiary/aromatic N) is 3. The molecule has 1 aromatic heterocycles. The molecular weight excluding hydrogens is 399 g/mol. The Morgan fingerprint density at radius 2 is 1.93 bits per heavy atom. The summed E-state index contributed by atoms with van der Waals surface area (Å²) in [4.78, 5) is 12.5. The first-order valence-corrected chi connectivity index (χ1v) is 10.8. The van der Waals surface area contributed by atoms with E-state index in [1.165, 1.54) is 22.5 Å². The predicted octanol–water partition coefficient (Wildman–Crippen LogP) is 2.00. The number of morpholine rings is 1. The van der Waals surface area contributed by atoms with Gasteiger partial charge in [0.05, 0.1) is 31.1 Å². The highest BCUT2D eigenvalue weighted by Gasteiger charge is 2.32. The van der Waals surface area contributed by atoms with Crippen LogP contribution in [0.1, 0.15) is 23.4 Å². The third-order valence-corrected chi connectivity index (χ3v) is 7.05. The van der Waals surface area contributed by atoms with E-state index in [-0.39, 0.29) is 29.6 Å². The number of rotatable bonds is 6. The molecule has 2 aromatic rings. The van der Waals surface area contributed by atoms with Gasteiger partial charge in [0.25, 0.3) is 0 Å². The van der Waals surface area contributed by atoms with Crippen molar-refractivity contribution in [1.29, 1.82) is 0 Å². The Balaban J connectivity index is 1.70. The summed E-state index contributed by atoms with van der Waals surface area (Å²) < 4.78 is 47.4. The van der Waals surface area contributed by atoms with Crippen LogP contribution in [0.15, 0.2) is 23.1 Å². The highest BCUT2D eigenvalue weighted by atomic mass is 32.2. The molecule has 3 rings (SSSR count). The van der Waals surface area contributed by atoms with Gasteiger partial charge < -0.3 is 10.1 Å². The van der Waals surface area contributed by atoms with E-state index in [9.17, 15) is 17.6 Å².